The van der Waals surface area contributed by atoms with Crippen molar-refractivity contribution in [3.05, 3.63) is 54.1 Å². The second-order valence-corrected chi connectivity index (χ2v) is 12.1. The summed E-state index contributed by atoms with van der Waals surface area (Å²) in [6.45, 7) is 5.93. The van der Waals surface area contributed by atoms with E-state index in [0.29, 0.717) is 32.5 Å². The van der Waals surface area contributed by atoms with Crippen LogP contribution in [0.1, 0.15) is 45.6 Å². The van der Waals surface area contributed by atoms with E-state index >= 15 is 0 Å². The van der Waals surface area contributed by atoms with Crippen LogP contribution in [0.3, 0.4) is 0 Å². The monoisotopic (exact) mass is 542 g/mol. The number of nitrogens with zero attached hydrogens (tertiary/aromatic N) is 1. The molecule has 1 atom stereocenters. The second kappa shape index (κ2) is 12.0. The fraction of sp³-hybridized carbons (Fsp3) is 0.464. The van der Waals surface area contributed by atoms with Gasteiger partial charge in [-0.15, -0.1) is 0 Å². The number of carbonyl (C=O) groups excluding carboxylic acids is 2. The topological polar surface area (TPSA) is 132 Å². The van der Waals surface area contributed by atoms with Gasteiger partial charge >= 0.3 is 16.2 Å². The molecule has 0 bridgehead atoms. The van der Waals surface area contributed by atoms with E-state index < -0.39 is 33.3 Å². The molecule has 0 saturated carbocycles. The molecule has 2 aromatic rings. The van der Waals surface area contributed by atoms with Gasteiger partial charge in [-0.2, -0.15) is 13.7 Å². The molecule has 0 radical (unpaired) electrons. The minimum Gasteiger partial charge on any atom is -0.444 e. The Kier molecular flexibility index (Phi) is 9.18. The Hall–Kier alpha value is -3.42. The number of nitrogens with one attached hydrogen (secondary N) is 1. The summed E-state index contributed by atoms with van der Waals surface area (Å²) in [5, 5.41) is 12.6. The highest BCUT2D eigenvalue weighted by Gasteiger charge is 2.42. The molecule has 3 rings (SSSR count). The SMILES string of the molecule is CC(C)(C)OC(=O)NC1(C(=O)C[C@H](C#N)Cc2ccc(-c3ccc(OS(C)(=O)=O)cc3)cc2)CCOCC1. The number of amides is 1. The molecule has 2 aromatic carbocycles. The standard InChI is InChI=1S/C28H34N2O7S/c1-27(2,3)36-26(32)30-28(13-15-35-16-14-28)25(31)18-21(19-29)17-20-5-7-22(8-6-20)23-9-11-24(12-10-23)37-38(4,33)34/h5-12,21H,13-18H2,1-4H3,(H,30,32)/t21-/m1/s1. The van der Waals surface area contributed by atoms with Crippen molar-refractivity contribution in [2.75, 3.05) is 19.5 Å². The molecular formula is C28H34N2O7S. The van der Waals surface area contributed by atoms with Crippen LogP contribution in [0, 0.1) is 17.2 Å². The summed E-state index contributed by atoms with van der Waals surface area (Å²) >= 11 is 0. The van der Waals surface area contributed by atoms with Crippen molar-refractivity contribution < 1.29 is 31.7 Å². The number of hydrogen-bond acceptors (Lipinski definition) is 8. The molecule has 1 aliphatic heterocycles. The Bertz CT molecular complexity index is 1270. The van der Waals surface area contributed by atoms with Gasteiger partial charge in [0.2, 0.25) is 0 Å². The molecule has 9 nitrogen and oxygen atoms in total. The molecule has 204 valence electrons. The van der Waals surface area contributed by atoms with Crippen molar-refractivity contribution >= 4 is 22.0 Å². The molecule has 1 heterocycles. The molecule has 0 aliphatic carbocycles. The summed E-state index contributed by atoms with van der Waals surface area (Å²) in [5.74, 6) is -0.537. The molecule has 1 saturated heterocycles. The quantitative estimate of drug-likeness (QED) is 0.461. The highest BCUT2D eigenvalue weighted by atomic mass is 32.2. The van der Waals surface area contributed by atoms with Gasteiger partial charge in [0, 0.05) is 32.5 Å². The Morgan fingerprint density at radius 2 is 1.61 bits per heavy atom. The first-order chi connectivity index (χ1) is 17.8. The van der Waals surface area contributed by atoms with Gasteiger partial charge in [-0.25, -0.2) is 4.79 Å². The summed E-state index contributed by atoms with van der Waals surface area (Å²) in [7, 11) is -3.59. The molecule has 38 heavy (non-hydrogen) atoms. The number of nitriles is 1. The summed E-state index contributed by atoms with van der Waals surface area (Å²) < 4.78 is 38.2. The van der Waals surface area contributed by atoms with Crippen molar-refractivity contribution in [1.82, 2.24) is 5.32 Å². The van der Waals surface area contributed by atoms with Crippen LogP contribution in [0.15, 0.2) is 48.5 Å². The number of rotatable bonds is 9. The smallest absolute Gasteiger partial charge is 0.408 e. The third kappa shape index (κ3) is 8.57. The Balaban J connectivity index is 1.66. The fourth-order valence-electron chi connectivity index (χ4n) is 4.27. The van der Waals surface area contributed by atoms with Crippen molar-refractivity contribution in [2.24, 2.45) is 5.92 Å². The fourth-order valence-corrected chi connectivity index (χ4v) is 4.73. The number of hydrogen-bond donors (Lipinski definition) is 1. The van der Waals surface area contributed by atoms with Gasteiger partial charge < -0.3 is 19.0 Å². The first-order valence-corrected chi connectivity index (χ1v) is 14.2. The minimum atomic E-state index is -3.59. The number of benzene rings is 2. The van der Waals surface area contributed by atoms with Crippen LogP contribution >= 0.6 is 0 Å². The third-order valence-electron chi connectivity index (χ3n) is 6.11. The zero-order valence-corrected chi connectivity index (χ0v) is 23.0. The zero-order chi connectivity index (χ0) is 28.0. The van der Waals surface area contributed by atoms with Crippen molar-refractivity contribution in [1.29, 1.82) is 5.26 Å². The molecular weight excluding hydrogens is 508 g/mol. The maximum Gasteiger partial charge on any atom is 0.408 e. The van der Waals surface area contributed by atoms with Gasteiger partial charge in [0.15, 0.2) is 5.78 Å². The van der Waals surface area contributed by atoms with Gasteiger partial charge in [-0.3, -0.25) is 4.79 Å². The van der Waals surface area contributed by atoms with Crippen LogP contribution in [0.2, 0.25) is 0 Å². The average Bonchev–Trinajstić information content (AvgIpc) is 2.83. The number of Topliss-reactive ketones (excluding diaryl/α,β-unsaturated/α-hetero) is 1. The normalized spacial score (nSPS) is 16.1. The van der Waals surface area contributed by atoms with E-state index in [1.165, 1.54) is 0 Å². The number of alkyl carbamates (subject to hydrolysis) is 1. The van der Waals surface area contributed by atoms with E-state index in [0.717, 1.165) is 22.9 Å². The van der Waals surface area contributed by atoms with Crippen molar-refractivity contribution in [2.45, 2.75) is 57.6 Å². The predicted molar refractivity (Wildman–Crippen MR) is 142 cm³/mol. The lowest BCUT2D eigenvalue weighted by Crippen LogP contribution is -2.58. The van der Waals surface area contributed by atoms with Gasteiger partial charge in [-0.1, -0.05) is 36.4 Å². The van der Waals surface area contributed by atoms with E-state index in [-0.39, 0.29) is 18.0 Å². The predicted octanol–water partition coefficient (Wildman–Crippen LogP) is 4.41. The first-order valence-electron chi connectivity index (χ1n) is 12.4. The lowest BCUT2D eigenvalue weighted by molar-refractivity contribution is -0.130. The van der Waals surface area contributed by atoms with Gasteiger partial charge in [0.25, 0.3) is 0 Å². The minimum absolute atomic E-state index is 0.00412. The summed E-state index contributed by atoms with van der Waals surface area (Å²) in [5.41, 5.74) is 0.858. The molecule has 1 fully saturated rings. The van der Waals surface area contributed by atoms with Gasteiger partial charge in [-0.05, 0) is 56.0 Å². The highest BCUT2D eigenvalue weighted by Crippen LogP contribution is 2.28. The van der Waals surface area contributed by atoms with E-state index in [9.17, 15) is 23.3 Å². The van der Waals surface area contributed by atoms with Crippen LogP contribution in [-0.4, -0.2) is 50.9 Å². The molecule has 0 spiro atoms. The summed E-state index contributed by atoms with van der Waals surface area (Å²) in [6, 6.07) is 16.5. The van der Waals surface area contributed by atoms with Gasteiger partial charge in [0.05, 0.1) is 18.2 Å². The van der Waals surface area contributed by atoms with Gasteiger partial charge in [0.1, 0.15) is 16.9 Å². The summed E-state index contributed by atoms with van der Waals surface area (Å²) in [6.07, 6.45) is 1.35. The van der Waals surface area contributed by atoms with E-state index in [1.807, 2.05) is 24.3 Å². The Labute approximate surface area is 224 Å². The maximum atomic E-state index is 13.4. The highest BCUT2D eigenvalue weighted by molar-refractivity contribution is 7.86. The number of carbonyl (C=O) groups is 2. The zero-order valence-electron chi connectivity index (χ0n) is 22.2. The second-order valence-electron chi connectivity index (χ2n) is 10.5. The molecule has 0 unspecified atom stereocenters. The molecule has 1 aliphatic rings. The lowest BCUT2D eigenvalue weighted by atomic mass is 9.80. The summed E-state index contributed by atoms with van der Waals surface area (Å²) in [4.78, 5) is 25.9. The molecule has 1 amide bonds. The van der Waals surface area contributed by atoms with Crippen LogP contribution in [0.4, 0.5) is 4.79 Å². The number of ketones is 1. The Morgan fingerprint density at radius 1 is 1.05 bits per heavy atom. The molecule has 10 heteroatoms. The molecule has 0 aromatic heterocycles. The third-order valence-corrected chi connectivity index (χ3v) is 6.60. The van der Waals surface area contributed by atoms with Crippen molar-refractivity contribution in [3.8, 4) is 22.9 Å². The van der Waals surface area contributed by atoms with Crippen LogP contribution < -0.4 is 9.50 Å². The number of ether oxygens (including phenoxy) is 2. The first kappa shape index (κ1) is 29.1. The van der Waals surface area contributed by atoms with Crippen LogP contribution in [0.25, 0.3) is 11.1 Å². The largest absolute Gasteiger partial charge is 0.444 e. The van der Waals surface area contributed by atoms with Crippen LogP contribution in [-0.2, 0) is 30.8 Å². The maximum absolute atomic E-state index is 13.4. The van der Waals surface area contributed by atoms with E-state index in [1.54, 1.807) is 45.0 Å². The van der Waals surface area contributed by atoms with Crippen LogP contribution in [0.5, 0.6) is 5.75 Å². The Morgan fingerprint density at radius 3 is 2.11 bits per heavy atom. The average molecular weight is 543 g/mol. The lowest BCUT2D eigenvalue weighted by Gasteiger charge is -2.37. The van der Waals surface area contributed by atoms with Crippen molar-refractivity contribution in [3.63, 3.8) is 0 Å². The van der Waals surface area contributed by atoms with E-state index in [2.05, 4.69) is 11.4 Å². The van der Waals surface area contributed by atoms with E-state index in [4.69, 9.17) is 13.7 Å². The molecule has 1 N–H and O–H groups in total.